The van der Waals surface area contributed by atoms with Gasteiger partial charge in [-0.05, 0) is 49.3 Å². The molecule has 4 amide bonds. The van der Waals surface area contributed by atoms with Crippen LogP contribution < -0.4 is 10.6 Å². The molecule has 2 heterocycles. The fraction of sp³-hybridized carbons (Fsp3) is 0.526. The summed E-state index contributed by atoms with van der Waals surface area (Å²) < 4.78 is 23.0. The van der Waals surface area contributed by atoms with E-state index in [0.717, 1.165) is 24.2 Å². The van der Waals surface area contributed by atoms with E-state index >= 15 is 0 Å². The Labute approximate surface area is 163 Å². The number of rotatable bonds is 4. The van der Waals surface area contributed by atoms with E-state index in [4.69, 9.17) is 0 Å². The maximum Gasteiger partial charge on any atom is 0.325 e. The summed E-state index contributed by atoms with van der Waals surface area (Å²) in [6, 6.07) is 4.73. The Morgan fingerprint density at radius 3 is 2.75 bits per heavy atom. The molecule has 9 heteroatoms. The molecule has 3 aliphatic rings. The van der Waals surface area contributed by atoms with Crippen LogP contribution in [0.25, 0.3) is 0 Å². The van der Waals surface area contributed by atoms with Gasteiger partial charge in [0.15, 0.2) is 9.84 Å². The van der Waals surface area contributed by atoms with Gasteiger partial charge in [0.25, 0.3) is 5.91 Å². The predicted molar refractivity (Wildman–Crippen MR) is 101 cm³/mol. The van der Waals surface area contributed by atoms with Crippen LogP contribution >= 0.6 is 0 Å². The van der Waals surface area contributed by atoms with Gasteiger partial charge in [0.2, 0.25) is 5.91 Å². The van der Waals surface area contributed by atoms with E-state index < -0.39 is 45.8 Å². The number of urea groups is 1. The van der Waals surface area contributed by atoms with Crippen molar-refractivity contribution in [1.29, 1.82) is 0 Å². The molecule has 1 aliphatic carbocycles. The molecule has 150 valence electrons. The molecule has 1 aromatic carbocycles. The van der Waals surface area contributed by atoms with Gasteiger partial charge in [-0.1, -0.05) is 18.2 Å². The summed E-state index contributed by atoms with van der Waals surface area (Å²) in [5.74, 6) is -1.09. The molecule has 4 rings (SSSR count). The van der Waals surface area contributed by atoms with Crippen LogP contribution in [0.4, 0.5) is 4.79 Å². The fourth-order valence-corrected chi connectivity index (χ4v) is 5.92. The number of benzene rings is 1. The third-order valence-corrected chi connectivity index (χ3v) is 7.62. The minimum Gasteiger partial charge on any atom is -0.351 e. The van der Waals surface area contributed by atoms with Gasteiger partial charge in [0.05, 0.1) is 11.5 Å². The lowest BCUT2D eigenvalue weighted by Gasteiger charge is -2.23. The number of amides is 4. The first-order valence-electron chi connectivity index (χ1n) is 9.44. The average Bonchev–Trinajstić information content (AvgIpc) is 3.28. The monoisotopic (exact) mass is 405 g/mol. The Bertz CT molecular complexity index is 974. The van der Waals surface area contributed by atoms with Gasteiger partial charge in [-0.3, -0.25) is 14.5 Å². The largest absolute Gasteiger partial charge is 0.351 e. The molecule has 0 bridgehead atoms. The standard InChI is InChI=1S/C19H23N3O5S/c1-19(14-6-5-12-3-2-4-13(12)9-14)17(24)22(18(25)21-19)10-16(23)20-15-7-8-28(26,27)11-15/h5-6,9,15H,2-4,7-8,10-11H2,1H3,(H,20,23)(H,21,25)/t15-,19-/m1/s1. The number of hydrogen-bond donors (Lipinski definition) is 2. The predicted octanol–water partition coefficient (Wildman–Crippen LogP) is 0.246. The van der Waals surface area contributed by atoms with Crippen LogP contribution in [0.15, 0.2) is 18.2 Å². The molecule has 0 saturated carbocycles. The van der Waals surface area contributed by atoms with Crippen molar-refractivity contribution < 1.29 is 22.8 Å². The van der Waals surface area contributed by atoms with Crippen LogP contribution in [0.2, 0.25) is 0 Å². The third kappa shape index (κ3) is 3.28. The number of carbonyl (C=O) groups is 3. The third-order valence-electron chi connectivity index (χ3n) is 5.85. The van der Waals surface area contributed by atoms with Crippen LogP contribution in [0.1, 0.15) is 36.5 Å². The molecular formula is C19H23N3O5S. The molecule has 0 unspecified atom stereocenters. The molecule has 0 radical (unpaired) electrons. The summed E-state index contributed by atoms with van der Waals surface area (Å²) in [6.07, 6.45) is 3.41. The molecular weight excluding hydrogens is 382 g/mol. The van der Waals surface area contributed by atoms with Crippen LogP contribution in [0.5, 0.6) is 0 Å². The highest BCUT2D eigenvalue weighted by Gasteiger charge is 2.49. The highest BCUT2D eigenvalue weighted by atomic mass is 32.2. The summed E-state index contributed by atoms with van der Waals surface area (Å²) in [5, 5.41) is 5.32. The molecule has 2 aliphatic heterocycles. The van der Waals surface area contributed by atoms with E-state index in [1.807, 2.05) is 18.2 Å². The summed E-state index contributed by atoms with van der Waals surface area (Å²) >= 11 is 0. The Balaban J connectivity index is 1.47. The molecule has 8 nitrogen and oxygen atoms in total. The van der Waals surface area contributed by atoms with E-state index in [0.29, 0.717) is 12.0 Å². The smallest absolute Gasteiger partial charge is 0.325 e. The maximum absolute atomic E-state index is 13.0. The molecule has 2 saturated heterocycles. The van der Waals surface area contributed by atoms with E-state index in [-0.39, 0.29) is 11.5 Å². The minimum absolute atomic E-state index is 0.0392. The van der Waals surface area contributed by atoms with Crippen molar-refractivity contribution >= 4 is 27.7 Å². The Morgan fingerprint density at radius 1 is 1.29 bits per heavy atom. The Morgan fingerprint density at radius 2 is 2.04 bits per heavy atom. The second-order valence-electron chi connectivity index (χ2n) is 7.95. The van der Waals surface area contributed by atoms with Gasteiger partial charge >= 0.3 is 6.03 Å². The van der Waals surface area contributed by atoms with Crippen LogP contribution in [-0.4, -0.2) is 55.3 Å². The van der Waals surface area contributed by atoms with E-state index in [2.05, 4.69) is 10.6 Å². The van der Waals surface area contributed by atoms with Gasteiger partial charge in [0.1, 0.15) is 12.1 Å². The SMILES string of the molecule is C[C@]1(c2ccc3c(c2)CCC3)NC(=O)N(CC(=O)N[C@@H]2CCS(=O)(=O)C2)C1=O. The first kappa shape index (κ1) is 18.9. The van der Waals surface area contributed by atoms with Crippen molar-refractivity contribution in [2.75, 3.05) is 18.1 Å². The van der Waals surface area contributed by atoms with Crippen LogP contribution in [-0.2, 0) is 37.8 Å². The second-order valence-corrected chi connectivity index (χ2v) is 10.2. The molecule has 0 spiro atoms. The van der Waals surface area contributed by atoms with Crippen LogP contribution in [0, 0.1) is 0 Å². The lowest BCUT2D eigenvalue weighted by molar-refractivity contribution is -0.135. The van der Waals surface area contributed by atoms with E-state index in [1.54, 1.807) is 6.92 Å². The fourth-order valence-electron chi connectivity index (χ4n) is 4.24. The number of aryl methyl sites for hydroxylation is 2. The minimum atomic E-state index is -3.12. The zero-order valence-electron chi connectivity index (χ0n) is 15.7. The van der Waals surface area contributed by atoms with Gasteiger partial charge in [0, 0.05) is 6.04 Å². The number of hydrogen-bond acceptors (Lipinski definition) is 5. The summed E-state index contributed by atoms with van der Waals surface area (Å²) in [4.78, 5) is 38.6. The van der Waals surface area contributed by atoms with E-state index in [1.165, 1.54) is 11.1 Å². The summed E-state index contributed by atoms with van der Waals surface area (Å²) in [6.45, 7) is 1.22. The molecule has 1 aromatic rings. The van der Waals surface area contributed by atoms with Crippen molar-refractivity contribution in [2.24, 2.45) is 0 Å². The van der Waals surface area contributed by atoms with Crippen molar-refractivity contribution in [3.8, 4) is 0 Å². The van der Waals surface area contributed by atoms with Gasteiger partial charge < -0.3 is 10.6 Å². The lowest BCUT2D eigenvalue weighted by atomic mass is 9.89. The van der Waals surface area contributed by atoms with Gasteiger partial charge in [-0.25, -0.2) is 13.2 Å². The maximum atomic E-state index is 13.0. The molecule has 28 heavy (non-hydrogen) atoms. The molecule has 0 aromatic heterocycles. The van der Waals surface area contributed by atoms with Crippen molar-refractivity contribution in [3.05, 3.63) is 34.9 Å². The first-order chi connectivity index (χ1) is 13.2. The summed E-state index contributed by atoms with van der Waals surface area (Å²) in [7, 11) is -3.12. The summed E-state index contributed by atoms with van der Waals surface area (Å²) in [5.41, 5.74) is 1.95. The molecule has 2 atom stereocenters. The highest BCUT2D eigenvalue weighted by molar-refractivity contribution is 7.91. The van der Waals surface area contributed by atoms with Crippen molar-refractivity contribution in [1.82, 2.24) is 15.5 Å². The molecule has 2 N–H and O–H groups in total. The first-order valence-corrected chi connectivity index (χ1v) is 11.3. The second kappa shape index (κ2) is 6.58. The van der Waals surface area contributed by atoms with Crippen molar-refractivity contribution in [2.45, 2.75) is 44.2 Å². The van der Waals surface area contributed by atoms with E-state index in [9.17, 15) is 22.8 Å². The normalized spacial score (nSPS) is 28.3. The lowest BCUT2D eigenvalue weighted by Crippen LogP contribution is -2.45. The highest BCUT2D eigenvalue weighted by Crippen LogP contribution is 2.32. The zero-order chi connectivity index (χ0) is 20.1. The number of sulfone groups is 1. The number of fused-ring (bicyclic) bond motifs is 1. The van der Waals surface area contributed by atoms with Gasteiger partial charge in [-0.2, -0.15) is 0 Å². The number of imide groups is 1. The Kier molecular flexibility index (Phi) is 4.45. The topological polar surface area (TPSA) is 113 Å². The zero-order valence-corrected chi connectivity index (χ0v) is 16.5. The van der Waals surface area contributed by atoms with Gasteiger partial charge in [-0.15, -0.1) is 0 Å². The number of carbonyl (C=O) groups excluding carboxylic acids is 3. The quantitative estimate of drug-likeness (QED) is 0.697. The average molecular weight is 405 g/mol. The van der Waals surface area contributed by atoms with Crippen molar-refractivity contribution in [3.63, 3.8) is 0 Å². The Hall–Kier alpha value is -2.42. The number of nitrogens with zero attached hydrogens (tertiary/aromatic N) is 1. The number of nitrogens with one attached hydrogen (secondary N) is 2. The van der Waals surface area contributed by atoms with Crippen LogP contribution in [0.3, 0.4) is 0 Å². The molecule has 2 fully saturated rings.